The van der Waals surface area contributed by atoms with E-state index in [4.69, 9.17) is 53.8 Å². The highest BCUT2D eigenvalue weighted by atomic mass is 35.5. The summed E-state index contributed by atoms with van der Waals surface area (Å²) in [7, 11) is 0. The van der Waals surface area contributed by atoms with E-state index in [1.165, 1.54) is 0 Å². The lowest BCUT2D eigenvalue weighted by Crippen LogP contribution is -2.15. The maximum atomic E-state index is 6.55. The molecule has 0 unspecified atom stereocenters. The van der Waals surface area contributed by atoms with Crippen LogP contribution in [0.2, 0.25) is 15.1 Å². The predicted octanol–water partition coefficient (Wildman–Crippen LogP) is 7.01. The van der Waals surface area contributed by atoms with Gasteiger partial charge in [0.1, 0.15) is 19.8 Å². The molecule has 0 saturated heterocycles. The molecular formula is C24H22Cl3NO4. The van der Waals surface area contributed by atoms with Gasteiger partial charge in [0, 0.05) is 18.3 Å². The van der Waals surface area contributed by atoms with Crippen LogP contribution in [0.15, 0.2) is 48.5 Å². The van der Waals surface area contributed by atoms with E-state index in [0.717, 1.165) is 28.3 Å². The molecule has 0 saturated carbocycles. The van der Waals surface area contributed by atoms with Crippen LogP contribution in [0.25, 0.3) is 0 Å². The molecule has 168 valence electrons. The minimum atomic E-state index is 0.283. The van der Waals surface area contributed by atoms with Crippen LogP contribution in [-0.4, -0.2) is 19.8 Å². The molecule has 0 radical (unpaired) electrons. The maximum Gasteiger partial charge on any atom is 0.180 e. The van der Waals surface area contributed by atoms with E-state index in [0.29, 0.717) is 52.9 Å². The monoisotopic (exact) mass is 493 g/mol. The Balaban J connectivity index is 1.47. The molecule has 0 aliphatic carbocycles. The van der Waals surface area contributed by atoms with Gasteiger partial charge in [0.15, 0.2) is 23.0 Å². The third kappa shape index (κ3) is 5.47. The molecule has 0 fully saturated rings. The minimum Gasteiger partial charge on any atom is -0.490 e. The van der Waals surface area contributed by atoms with Gasteiger partial charge in [-0.15, -0.1) is 0 Å². The number of fused-ring (bicyclic) bond motifs is 1. The molecule has 3 aromatic carbocycles. The lowest BCUT2D eigenvalue weighted by molar-refractivity contribution is 0.171. The van der Waals surface area contributed by atoms with Crippen molar-refractivity contribution < 1.29 is 18.9 Å². The second kappa shape index (κ2) is 10.4. The Labute approximate surface area is 202 Å². The van der Waals surface area contributed by atoms with Crippen molar-refractivity contribution in [2.75, 3.05) is 25.1 Å². The van der Waals surface area contributed by atoms with Crippen molar-refractivity contribution in [2.45, 2.75) is 20.1 Å². The summed E-state index contributed by atoms with van der Waals surface area (Å²) < 4.78 is 23.0. The Hall–Kier alpha value is -2.47. The van der Waals surface area contributed by atoms with E-state index in [2.05, 4.69) is 5.32 Å². The van der Waals surface area contributed by atoms with E-state index in [-0.39, 0.29) is 6.61 Å². The summed E-state index contributed by atoms with van der Waals surface area (Å²) in [6.45, 7) is 4.35. The number of halogens is 3. The van der Waals surface area contributed by atoms with Crippen molar-refractivity contribution in [3.05, 3.63) is 74.7 Å². The topological polar surface area (TPSA) is 49.0 Å². The van der Waals surface area contributed by atoms with Crippen LogP contribution in [0, 0.1) is 0 Å². The molecule has 8 heteroatoms. The molecule has 0 spiro atoms. The summed E-state index contributed by atoms with van der Waals surface area (Å²) in [6, 6.07) is 14.9. The van der Waals surface area contributed by atoms with Crippen LogP contribution in [0.5, 0.6) is 23.0 Å². The smallest absolute Gasteiger partial charge is 0.180 e. The first-order valence-electron chi connectivity index (χ1n) is 10.2. The van der Waals surface area contributed by atoms with Gasteiger partial charge in [-0.05, 0) is 54.4 Å². The zero-order valence-corrected chi connectivity index (χ0v) is 19.7. The molecule has 1 N–H and O–H groups in total. The highest BCUT2D eigenvalue weighted by Crippen LogP contribution is 2.38. The summed E-state index contributed by atoms with van der Waals surface area (Å²) in [4.78, 5) is 0. The van der Waals surface area contributed by atoms with E-state index in [9.17, 15) is 0 Å². The van der Waals surface area contributed by atoms with E-state index in [1.807, 2.05) is 43.3 Å². The van der Waals surface area contributed by atoms with E-state index >= 15 is 0 Å². The highest BCUT2D eigenvalue weighted by molar-refractivity contribution is 6.42. The third-order valence-corrected chi connectivity index (χ3v) is 5.79. The van der Waals surface area contributed by atoms with Crippen molar-refractivity contribution in [3.63, 3.8) is 0 Å². The zero-order valence-electron chi connectivity index (χ0n) is 17.4. The van der Waals surface area contributed by atoms with Gasteiger partial charge >= 0.3 is 0 Å². The second-order valence-corrected chi connectivity index (χ2v) is 8.31. The highest BCUT2D eigenvalue weighted by Gasteiger charge is 2.15. The molecule has 0 amide bonds. The van der Waals surface area contributed by atoms with Crippen molar-refractivity contribution in [1.29, 1.82) is 0 Å². The molecule has 3 aromatic rings. The number of ether oxygens (including phenoxy) is 4. The number of nitrogens with one attached hydrogen (secondary N) is 1. The van der Waals surface area contributed by atoms with Gasteiger partial charge in [-0.2, -0.15) is 0 Å². The first kappa shape index (κ1) is 22.7. The Kier molecular flexibility index (Phi) is 7.40. The Morgan fingerprint density at radius 1 is 0.812 bits per heavy atom. The molecule has 1 heterocycles. The average molecular weight is 495 g/mol. The van der Waals surface area contributed by atoms with Crippen LogP contribution in [0.3, 0.4) is 0 Å². The first-order valence-corrected chi connectivity index (χ1v) is 11.3. The van der Waals surface area contributed by atoms with Crippen LogP contribution in [-0.2, 0) is 13.2 Å². The second-order valence-electron chi connectivity index (χ2n) is 7.09. The van der Waals surface area contributed by atoms with E-state index in [1.54, 1.807) is 12.1 Å². The van der Waals surface area contributed by atoms with E-state index < -0.39 is 0 Å². The Morgan fingerprint density at radius 2 is 1.59 bits per heavy atom. The van der Waals surface area contributed by atoms with Gasteiger partial charge < -0.3 is 24.3 Å². The van der Waals surface area contributed by atoms with Crippen molar-refractivity contribution in [2.24, 2.45) is 0 Å². The van der Waals surface area contributed by atoms with Crippen molar-refractivity contribution in [3.8, 4) is 23.0 Å². The molecule has 0 aromatic heterocycles. The van der Waals surface area contributed by atoms with Gasteiger partial charge in [-0.1, -0.05) is 40.9 Å². The fourth-order valence-corrected chi connectivity index (χ4v) is 3.88. The van der Waals surface area contributed by atoms with Crippen LogP contribution in [0.4, 0.5) is 5.69 Å². The normalized spacial score (nSPS) is 12.4. The van der Waals surface area contributed by atoms with Crippen molar-refractivity contribution in [1.82, 2.24) is 0 Å². The molecule has 0 bridgehead atoms. The SMILES string of the molecule is CCOc1cc(CNc2ccc3c(c2)OCCO3)cc(Cl)c1OCc1ccc(Cl)c(Cl)c1. The maximum absolute atomic E-state index is 6.55. The molecule has 1 aliphatic rings. The molecule has 1 aliphatic heterocycles. The largest absolute Gasteiger partial charge is 0.490 e. The number of hydrogen-bond acceptors (Lipinski definition) is 5. The Morgan fingerprint density at radius 3 is 2.38 bits per heavy atom. The van der Waals surface area contributed by atoms with Crippen LogP contribution < -0.4 is 24.3 Å². The summed E-state index contributed by atoms with van der Waals surface area (Å²) in [5.41, 5.74) is 2.75. The zero-order chi connectivity index (χ0) is 22.5. The van der Waals surface area contributed by atoms with Gasteiger partial charge in [0.2, 0.25) is 0 Å². The third-order valence-electron chi connectivity index (χ3n) is 4.78. The summed E-state index contributed by atoms with van der Waals surface area (Å²) in [6.07, 6.45) is 0. The van der Waals surface area contributed by atoms with Gasteiger partial charge in [0.05, 0.1) is 21.7 Å². The van der Waals surface area contributed by atoms with Gasteiger partial charge in [-0.3, -0.25) is 0 Å². The van der Waals surface area contributed by atoms with Crippen LogP contribution >= 0.6 is 34.8 Å². The number of hydrogen-bond donors (Lipinski definition) is 1. The number of anilines is 1. The van der Waals surface area contributed by atoms with Crippen LogP contribution in [0.1, 0.15) is 18.1 Å². The fraction of sp³-hybridized carbons (Fsp3) is 0.250. The van der Waals surface area contributed by atoms with Gasteiger partial charge in [0.25, 0.3) is 0 Å². The first-order chi connectivity index (χ1) is 15.5. The number of benzene rings is 3. The average Bonchev–Trinajstić information content (AvgIpc) is 2.79. The summed E-state index contributed by atoms with van der Waals surface area (Å²) in [5.74, 6) is 2.56. The molecule has 32 heavy (non-hydrogen) atoms. The summed E-state index contributed by atoms with van der Waals surface area (Å²) in [5, 5.41) is 4.82. The van der Waals surface area contributed by atoms with Gasteiger partial charge in [-0.25, -0.2) is 0 Å². The van der Waals surface area contributed by atoms with Crippen molar-refractivity contribution >= 4 is 40.5 Å². The quantitative estimate of drug-likeness (QED) is 0.365. The molecular weight excluding hydrogens is 473 g/mol. The molecule has 0 atom stereocenters. The fourth-order valence-electron chi connectivity index (χ4n) is 3.27. The molecule has 5 nitrogen and oxygen atoms in total. The Bertz CT molecular complexity index is 1110. The summed E-state index contributed by atoms with van der Waals surface area (Å²) >= 11 is 18.6. The predicted molar refractivity (Wildman–Crippen MR) is 128 cm³/mol. The molecule has 4 rings (SSSR count). The standard InChI is InChI=1S/C24H22Cl3NO4/c1-2-29-23-11-16(13-28-17-4-6-21-22(12-17)31-8-7-30-21)10-20(27)24(23)32-14-15-3-5-18(25)19(26)9-15/h3-6,9-12,28H,2,7-8,13-14H2,1H3. The minimum absolute atomic E-state index is 0.283. The lowest BCUT2D eigenvalue weighted by atomic mass is 10.2. The number of rotatable bonds is 8. The lowest BCUT2D eigenvalue weighted by Gasteiger charge is -2.19.